The van der Waals surface area contributed by atoms with Gasteiger partial charge in [-0.2, -0.15) is 4.98 Å². The van der Waals surface area contributed by atoms with Crippen molar-refractivity contribution in [2.75, 3.05) is 12.3 Å². The standard InChI is InChI=1S/C33H58N6O5/c1-4-5-6-7-8-9-10-11-12-13-14-15-16-17-18-21-27(40)43-22-19-20-26(44-32(42)28(34)25(2)3)23-39-24-36-29-30(39)37-33(35)38-31(29)41/h24-26,28H,4-23,34H2,1-3H3,(H3,35,37,38,41)/t26-,28+/m1/s1. The Bertz CT molecular complexity index is 1150. The molecule has 2 atom stereocenters. The van der Waals surface area contributed by atoms with Crippen LogP contribution in [0.3, 0.4) is 0 Å². The van der Waals surface area contributed by atoms with Crippen LogP contribution in [0.1, 0.15) is 136 Å². The number of unbranched alkanes of at least 4 members (excludes halogenated alkanes) is 14. The molecule has 0 unspecified atom stereocenters. The van der Waals surface area contributed by atoms with E-state index in [0.29, 0.717) is 24.9 Å². The minimum Gasteiger partial charge on any atom is -0.466 e. The molecule has 11 heteroatoms. The molecule has 11 nitrogen and oxygen atoms in total. The van der Waals surface area contributed by atoms with Crippen molar-refractivity contribution < 1.29 is 19.1 Å². The lowest BCUT2D eigenvalue weighted by Gasteiger charge is -2.22. The van der Waals surface area contributed by atoms with E-state index in [1.807, 2.05) is 13.8 Å². The van der Waals surface area contributed by atoms with Gasteiger partial charge in [-0.05, 0) is 25.2 Å². The first-order valence-corrected chi connectivity index (χ1v) is 17.0. The van der Waals surface area contributed by atoms with Crippen LogP contribution in [-0.4, -0.2) is 50.2 Å². The average Bonchev–Trinajstić information content (AvgIpc) is 3.39. The Balaban J connectivity index is 1.62. The molecule has 2 rings (SSSR count). The summed E-state index contributed by atoms with van der Waals surface area (Å²) >= 11 is 0. The summed E-state index contributed by atoms with van der Waals surface area (Å²) in [5, 5.41) is 0. The van der Waals surface area contributed by atoms with Gasteiger partial charge in [0, 0.05) is 6.42 Å². The van der Waals surface area contributed by atoms with E-state index in [1.165, 1.54) is 83.4 Å². The first-order chi connectivity index (χ1) is 21.2. The fourth-order valence-electron chi connectivity index (χ4n) is 5.24. The Morgan fingerprint density at radius 2 is 1.48 bits per heavy atom. The van der Waals surface area contributed by atoms with Crippen molar-refractivity contribution in [2.45, 2.75) is 155 Å². The number of carbonyl (C=O) groups is 2. The largest absolute Gasteiger partial charge is 0.466 e. The SMILES string of the molecule is CCCCCCCCCCCCCCCCCC(=O)OCCC[C@H](Cn1cnc2c(=O)[nH]c(N)nc21)OC(=O)[C@@H](N)C(C)C. The van der Waals surface area contributed by atoms with Crippen molar-refractivity contribution in [1.29, 1.82) is 0 Å². The van der Waals surface area contributed by atoms with Gasteiger partial charge in [0.1, 0.15) is 12.1 Å². The van der Waals surface area contributed by atoms with Crippen LogP contribution in [0.4, 0.5) is 5.95 Å². The number of H-pyrrole nitrogens is 1. The zero-order valence-corrected chi connectivity index (χ0v) is 27.5. The average molecular weight is 619 g/mol. The van der Waals surface area contributed by atoms with Gasteiger partial charge in [-0.25, -0.2) is 4.98 Å². The molecule has 0 aliphatic carbocycles. The summed E-state index contributed by atoms with van der Waals surface area (Å²) in [4.78, 5) is 47.7. The molecule has 0 saturated heterocycles. The van der Waals surface area contributed by atoms with Gasteiger partial charge in [-0.3, -0.25) is 19.4 Å². The molecule has 2 heterocycles. The van der Waals surface area contributed by atoms with Gasteiger partial charge in [0.25, 0.3) is 5.56 Å². The Morgan fingerprint density at radius 1 is 0.909 bits per heavy atom. The lowest BCUT2D eigenvalue weighted by atomic mass is 10.0. The summed E-state index contributed by atoms with van der Waals surface area (Å²) in [5.74, 6) is -0.821. The van der Waals surface area contributed by atoms with E-state index in [-0.39, 0.29) is 36.5 Å². The molecule has 44 heavy (non-hydrogen) atoms. The highest BCUT2D eigenvalue weighted by atomic mass is 16.5. The molecular weight excluding hydrogens is 560 g/mol. The van der Waals surface area contributed by atoms with Crippen molar-refractivity contribution in [1.82, 2.24) is 19.5 Å². The van der Waals surface area contributed by atoms with Gasteiger partial charge in [0.15, 0.2) is 11.2 Å². The number of fused-ring (bicyclic) bond motifs is 1. The molecule has 2 aromatic heterocycles. The first kappa shape index (κ1) is 37.2. The van der Waals surface area contributed by atoms with Crippen molar-refractivity contribution in [3.8, 4) is 0 Å². The molecule has 0 aliphatic heterocycles. The van der Waals surface area contributed by atoms with Gasteiger partial charge in [-0.1, -0.05) is 111 Å². The molecule has 0 bridgehead atoms. The number of ether oxygens (including phenoxy) is 2. The minimum absolute atomic E-state index is 0.0272. The highest BCUT2D eigenvalue weighted by Crippen LogP contribution is 2.16. The summed E-state index contributed by atoms with van der Waals surface area (Å²) in [6.45, 7) is 6.40. The van der Waals surface area contributed by atoms with Crippen LogP contribution in [0.5, 0.6) is 0 Å². The van der Waals surface area contributed by atoms with Crippen molar-refractivity contribution >= 4 is 29.1 Å². The third kappa shape index (κ3) is 14.7. The second-order valence-corrected chi connectivity index (χ2v) is 12.4. The summed E-state index contributed by atoms with van der Waals surface area (Å²) < 4.78 is 12.8. The lowest BCUT2D eigenvalue weighted by molar-refractivity contribution is -0.153. The lowest BCUT2D eigenvalue weighted by Crippen LogP contribution is -2.39. The molecule has 5 N–H and O–H groups in total. The molecule has 0 amide bonds. The molecule has 250 valence electrons. The Hall–Kier alpha value is -2.95. The van der Waals surface area contributed by atoms with Gasteiger partial charge in [-0.15, -0.1) is 0 Å². The smallest absolute Gasteiger partial charge is 0.323 e. The molecule has 0 saturated carbocycles. The predicted molar refractivity (Wildman–Crippen MR) is 175 cm³/mol. The van der Waals surface area contributed by atoms with Crippen LogP contribution >= 0.6 is 0 Å². The van der Waals surface area contributed by atoms with Crippen LogP contribution < -0.4 is 17.0 Å². The van der Waals surface area contributed by atoms with E-state index < -0.39 is 23.7 Å². The maximum atomic E-state index is 12.6. The number of rotatable bonds is 25. The third-order valence-electron chi connectivity index (χ3n) is 8.08. The number of carbonyl (C=O) groups excluding carboxylic acids is 2. The number of nitrogen functional groups attached to an aromatic ring is 1. The van der Waals surface area contributed by atoms with Gasteiger partial charge in [0.2, 0.25) is 5.95 Å². The number of imidazole rings is 1. The fourth-order valence-corrected chi connectivity index (χ4v) is 5.24. The number of nitrogens with two attached hydrogens (primary N) is 2. The molecule has 0 spiro atoms. The zero-order valence-electron chi connectivity index (χ0n) is 27.5. The van der Waals surface area contributed by atoms with Gasteiger partial charge >= 0.3 is 11.9 Å². The van der Waals surface area contributed by atoms with Gasteiger partial charge in [0.05, 0.1) is 19.5 Å². The normalized spacial score (nSPS) is 12.9. The number of hydrogen-bond acceptors (Lipinski definition) is 9. The number of anilines is 1. The Kier molecular flexibility index (Phi) is 18.4. The predicted octanol–water partition coefficient (Wildman–Crippen LogP) is 6.18. The second-order valence-electron chi connectivity index (χ2n) is 12.4. The molecule has 0 fully saturated rings. The van der Waals surface area contributed by atoms with Crippen LogP contribution in [-0.2, 0) is 25.6 Å². The van der Waals surface area contributed by atoms with Gasteiger partial charge < -0.3 is 25.5 Å². The number of hydrogen-bond donors (Lipinski definition) is 3. The molecular formula is C33H58N6O5. The number of esters is 2. The summed E-state index contributed by atoms with van der Waals surface area (Å²) in [6, 6.07) is -0.763. The Labute approximate surface area is 263 Å². The number of aromatic amines is 1. The molecule has 0 aromatic carbocycles. The topological polar surface area (TPSA) is 168 Å². The number of nitrogens with zero attached hydrogens (tertiary/aromatic N) is 3. The summed E-state index contributed by atoms with van der Waals surface area (Å²) in [6.07, 6.45) is 21.5. The highest BCUT2D eigenvalue weighted by molar-refractivity contribution is 5.76. The first-order valence-electron chi connectivity index (χ1n) is 17.0. The van der Waals surface area contributed by atoms with E-state index in [9.17, 15) is 14.4 Å². The number of aromatic nitrogens is 4. The Morgan fingerprint density at radius 3 is 2.05 bits per heavy atom. The van der Waals surface area contributed by atoms with Crippen LogP contribution in [0.15, 0.2) is 11.1 Å². The third-order valence-corrected chi connectivity index (χ3v) is 8.08. The van der Waals surface area contributed by atoms with E-state index >= 15 is 0 Å². The quantitative estimate of drug-likeness (QED) is 0.0868. The van der Waals surface area contributed by atoms with E-state index in [2.05, 4.69) is 21.9 Å². The fraction of sp³-hybridized carbons (Fsp3) is 0.788. The molecule has 0 aliphatic rings. The zero-order chi connectivity index (χ0) is 32.2. The maximum absolute atomic E-state index is 12.6. The highest BCUT2D eigenvalue weighted by Gasteiger charge is 2.24. The van der Waals surface area contributed by atoms with Crippen LogP contribution in [0.2, 0.25) is 0 Å². The van der Waals surface area contributed by atoms with Crippen LogP contribution in [0, 0.1) is 5.92 Å². The monoisotopic (exact) mass is 618 g/mol. The van der Waals surface area contributed by atoms with E-state index in [1.54, 1.807) is 4.57 Å². The van der Waals surface area contributed by atoms with Crippen molar-refractivity contribution in [3.05, 3.63) is 16.7 Å². The van der Waals surface area contributed by atoms with Crippen LogP contribution in [0.25, 0.3) is 11.2 Å². The molecule has 0 radical (unpaired) electrons. The van der Waals surface area contributed by atoms with Crippen molar-refractivity contribution in [3.63, 3.8) is 0 Å². The van der Waals surface area contributed by atoms with E-state index in [4.69, 9.17) is 20.9 Å². The maximum Gasteiger partial charge on any atom is 0.323 e. The summed E-state index contributed by atoms with van der Waals surface area (Å²) in [7, 11) is 0. The minimum atomic E-state index is -0.763. The molecule has 2 aromatic rings. The second kappa shape index (κ2) is 21.7. The summed E-state index contributed by atoms with van der Waals surface area (Å²) in [5.41, 5.74) is 11.7. The van der Waals surface area contributed by atoms with Crippen molar-refractivity contribution in [2.24, 2.45) is 11.7 Å². The number of nitrogens with one attached hydrogen (secondary N) is 1. The van der Waals surface area contributed by atoms with E-state index in [0.717, 1.165) is 19.3 Å².